The summed E-state index contributed by atoms with van der Waals surface area (Å²) in [6.07, 6.45) is 4.40. The maximum Gasteiger partial charge on any atom is 0.0671 e. The Morgan fingerprint density at radius 3 is 3.16 bits per heavy atom. The molecule has 2 heterocycles. The van der Waals surface area contributed by atoms with Crippen LogP contribution in [0.3, 0.4) is 0 Å². The zero-order valence-electron chi connectivity index (χ0n) is 11.5. The molecule has 0 aliphatic carbocycles. The van der Waals surface area contributed by atoms with Gasteiger partial charge < -0.3 is 10.1 Å². The number of hydrogen-bond acceptors (Lipinski definition) is 3. The Kier molecular flexibility index (Phi) is 3.42. The van der Waals surface area contributed by atoms with E-state index in [0.717, 1.165) is 30.4 Å². The summed E-state index contributed by atoms with van der Waals surface area (Å²) in [5.74, 6) is 0.578. The van der Waals surface area contributed by atoms with Crippen molar-refractivity contribution in [2.45, 2.75) is 38.8 Å². The summed E-state index contributed by atoms with van der Waals surface area (Å²) in [4.78, 5) is 0. The number of nitrogens with zero attached hydrogens (tertiary/aromatic N) is 1. The van der Waals surface area contributed by atoms with Crippen LogP contribution in [0.25, 0.3) is 10.9 Å². The van der Waals surface area contributed by atoms with Crippen LogP contribution in [0.4, 0.5) is 5.69 Å². The summed E-state index contributed by atoms with van der Waals surface area (Å²) < 4.78 is 5.82. The van der Waals surface area contributed by atoms with Gasteiger partial charge in [-0.3, -0.25) is 5.10 Å². The van der Waals surface area contributed by atoms with Crippen molar-refractivity contribution >= 4 is 16.6 Å². The predicted octanol–water partition coefficient (Wildman–Crippen LogP) is 3.18. The number of fused-ring (bicyclic) bond motifs is 1. The smallest absolute Gasteiger partial charge is 0.0671 e. The second-order valence-electron chi connectivity index (χ2n) is 5.66. The fourth-order valence-electron chi connectivity index (χ4n) is 2.74. The first-order valence-corrected chi connectivity index (χ1v) is 7.04. The first-order valence-electron chi connectivity index (χ1n) is 7.04. The number of hydrogen-bond donors (Lipinski definition) is 2. The molecule has 2 atom stereocenters. The highest BCUT2D eigenvalue weighted by molar-refractivity contribution is 5.90. The maximum absolute atomic E-state index is 5.82. The molecule has 4 heteroatoms. The molecular formula is C15H21N3O. The Morgan fingerprint density at radius 1 is 1.42 bits per heavy atom. The van der Waals surface area contributed by atoms with Crippen LogP contribution in [0, 0.1) is 5.92 Å². The summed E-state index contributed by atoms with van der Waals surface area (Å²) in [6.45, 7) is 5.30. The largest absolute Gasteiger partial charge is 0.382 e. The molecule has 0 amide bonds. The lowest BCUT2D eigenvalue weighted by Crippen LogP contribution is -2.36. The Bertz CT molecular complexity index is 549. The van der Waals surface area contributed by atoms with Gasteiger partial charge in [-0.1, -0.05) is 19.9 Å². The number of benzene rings is 1. The molecule has 1 saturated heterocycles. The summed E-state index contributed by atoms with van der Waals surface area (Å²) in [7, 11) is 0. The van der Waals surface area contributed by atoms with Crippen LogP contribution >= 0.6 is 0 Å². The van der Waals surface area contributed by atoms with E-state index in [-0.39, 0.29) is 0 Å². The molecule has 0 radical (unpaired) electrons. The van der Waals surface area contributed by atoms with Gasteiger partial charge in [-0.05, 0) is 30.9 Å². The van der Waals surface area contributed by atoms with E-state index < -0.39 is 0 Å². The number of anilines is 1. The Morgan fingerprint density at radius 2 is 2.32 bits per heavy atom. The van der Waals surface area contributed by atoms with Gasteiger partial charge in [0.2, 0.25) is 0 Å². The van der Waals surface area contributed by atoms with Gasteiger partial charge in [-0.25, -0.2) is 0 Å². The predicted molar refractivity (Wildman–Crippen MR) is 77.3 cm³/mol. The zero-order valence-corrected chi connectivity index (χ0v) is 11.5. The molecule has 1 aromatic heterocycles. The normalized spacial score (nSPS) is 23.9. The van der Waals surface area contributed by atoms with E-state index in [2.05, 4.69) is 47.6 Å². The van der Waals surface area contributed by atoms with Gasteiger partial charge in [0.25, 0.3) is 0 Å². The molecule has 1 fully saturated rings. The number of H-pyrrole nitrogens is 1. The molecule has 1 aromatic carbocycles. The van der Waals surface area contributed by atoms with E-state index in [4.69, 9.17) is 4.74 Å². The third-order valence-electron chi connectivity index (χ3n) is 3.90. The minimum absolute atomic E-state index is 0.370. The van der Waals surface area contributed by atoms with Gasteiger partial charge in [-0.2, -0.15) is 5.10 Å². The molecule has 19 heavy (non-hydrogen) atoms. The van der Waals surface area contributed by atoms with E-state index in [0.29, 0.717) is 18.1 Å². The van der Waals surface area contributed by atoms with Crippen molar-refractivity contribution < 1.29 is 4.74 Å². The molecule has 2 aromatic rings. The van der Waals surface area contributed by atoms with Crippen LogP contribution < -0.4 is 5.32 Å². The fourth-order valence-corrected chi connectivity index (χ4v) is 2.74. The standard InChI is InChI=1S/C15H21N3O/c1-10(2)15-8-11(6-7-19-15)17-13-4-3-5-14-12(13)9-16-18-14/h3-5,9-11,15,17H,6-8H2,1-2H3,(H,16,18). The van der Waals surface area contributed by atoms with Crippen LogP contribution in [-0.2, 0) is 4.74 Å². The van der Waals surface area contributed by atoms with Gasteiger partial charge in [0.05, 0.1) is 17.8 Å². The molecule has 3 rings (SSSR count). The second-order valence-corrected chi connectivity index (χ2v) is 5.66. The highest BCUT2D eigenvalue weighted by atomic mass is 16.5. The summed E-state index contributed by atoms with van der Waals surface area (Å²) in [6, 6.07) is 6.72. The van der Waals surface area contributed by atoms with Gasteiger partial charge in [0, 0.05) is 23.7 Å². The zero-order chi connectivity index (χ0) is 13.2. The number of aromatic nitrogens is 2. The lowest BCUT2D eigenvalue weighted by Gasteiger charge is -2.33. The second kappa shape index (κ2) is 5.21. The van der Waals surface area contributed by atoms with Crippen molar-refractivity contribution in [2.24, 2.45) is 5.92 Å². The Balaban J connectivity index is 1.75. The van der Waals surface area contributed by atoms with Crippen molar-refractivity contribution in [3.63, 3.8) is 0 Å². The number of aromatic amines is 1. The van der Waals surface area contributed by atoms with Crippen molar-refractivity contribution in [3.8, 4) is 0 Å². The lowest BCUT2D eigenvalue weighted by atomic mass is 9.95. The first kappa shape index (κ1) is 12.5. The number of rotatable bonds is 3. The maximum atomic E-state index is 5.82. The van der Waals surface area contributed by atoms with E-state index in [1.807, 2.05) is 6.20 Å². The van der Waals surface area contributed by atoms with Crippen LogP contribution in [0.15, 0.2) is 24.4 Å². The third-order valence-corrected chi connectivity index (χ3v) is 3.90. The van der Waals surface area contributed by atoms with Crippen LogP contribution in [0.1, 0.15) is 26.7 Å². The fraction of sp³-hybridized carbons (Fsp3) is 0.533. The van der Waals surface area contributed by atoms with Crippen molar-refractivity contribution in [1.29, 1.82) is 0 Å². The summed E-state index contributed by atoms with van der Waals surface area (Å²) in [5.41, 5.74) is 2.25. The van der Waals surface area contributed by atoms with Crippen molar-refractivity contribution in [1.82, 2.24) is 10.2 Å². The van der Waals surface area contributed by atoms with E-state index in [9.17, 15) is 0 Å². The number of ether oxygens (including phenoxy) is 1. The van der Waals surface area contributed by atoms with Crippen LogP contribution in [0.2, 0.25) is 0 Å². The van der Waals surface area contributed by atoms with Crippen molar-refractivity contribution in [2.75, 3.05) is 11.9 Å². The van der Waals surface area contributed by atoms with E-state index in [1.54, 1.807) is 0 Å². The monoisotopic (exact) mass is 259 g/mol. The molecule has 102 valence electrons. The topological polar surface area (TPSA) is 49.9 Å². The van der Waals surface area contributed by atoms with E-state index >= 15 is 0 Å². The number of nitrogens with one attached hydrogen (secondary N) is 2. The highest BCUT2D eigenvalue weighted by Gasteiger charge is 2.25. The average molecular weight is 259 g/mol. The van der Waals surface area contributed by atoms with Crippen LogP contribution in [-0.4, -0.2) is 29.0 Å². The SMILES string of the molecule is CC(C)C1CC(Nc2cccc3[nH]ncc23)CCO1. The Labute approximate surface area is 113 Å². The molecule has 1 aliphatic heterocycles. The van der Waals surface area contributed by atoms with Crippen LogP contribution in [0.5, 0.6) is 0 Å². The highest BCUT2D eigenvalue weighted by Crippen LogP contribution is 2.26. The van der Waals surface area contributed by atoms with E-state index in [1.165, 1.54) is 5.69 Å². The molecule has 0 bridgehead atoms. The molecule has 1 aliphatic rings. The molecule has 0 saturated carbocycles. The third kappa shape index (κ3) is 2.59. The molecule has 4 nitrogen and oxygen atoms in total. The molecule has 2 N–H and O–H groups in total. The van der Waals surface area contributed by atoms with Gasteiger partial charge in [0.15, 0.2) is 0 Å². The van der Waals surface area contributed by atoms with Crippen molar-refractivity contribution in [3.05, 3.63) is 24.4 Å². The molecular weight excluding hydrogens is 238 g/mol. The quantitative estimate of drug-likeness (QED) is 0.890. The molecule has 0 spiro atoms. The molecule has 2 unspecified atom stereocenters. The minimum Gasteiger partial charge on any atom is -0.382 e. The summed E-state index contributed by atoms with van der Waals surface area (Å²) >= 11 is 0. The van der Waals surface area contributed by atoms with Gasteiger partial charge in [-0.15, -0.1) is 0 Å². The Hall–Kier alpha value is -1.55. The van der Waals surface area contributed by atoms with Gasteiger partial charge in [0.1, 0.15) is 0 Å². The average Bonchev–Trinajstić information content (AvgIpc) is 2.88. The summed E-state index contributed by atoms with van der Waals surface area (Å²) in [5, 5.41) is 11.9. The minimum atomic E-state index is 0.370. The first-order chi connectivity index (χ1) is 9.24. The lowest BCUT2D eigenvalue weighted by molar-refractivity contribution is -0.0160. The van der Waals surface area contributed by atoms with Gasteiger partial charge >= 0.3 is 0 Å².